The zero-order valence-electron chi connectivity index (χ0n) is 15.5. The number of amides is 3. The summed E-state index contributed by atoms with van der Waals surface area (Å²) in [7, 11) is 0. The van der Waals surface area contributed by atoms with Crippen molar-refractivity contribution >= 4 is 11.9 Å². The van der Waals surface area contributed by atoms with E-state index in [0.29, 0.717) is 13.2 Å². The quantitative estimate of drug-likeness (QED) is 0.740. The second-order valence-corrected chi connectivity index (χ2v) is 7.21. The third-order valence-electron chi connectivity index (χ3n) is 4.72. The molecule has 0 spiro atoms. The van der Waals surface area contributed by atoms with E-state index in [9.17, 15) is 9.59 Å². The SMILES string of the molecule is CC(C)NC(=O)NC(=O)C[NH+]1CCC[C@H]1c1ccc2c(c1)OCCCO2. The maximum absolute atomic E-state index is 12.2. The normalized spacial score (nSPS) is 22.0. The molecule has 2 atom stereocenters. The summed E-state index contributed by atoms with van der Waals surface area (Å²) in [4.78, 5) is 25.1. The van der Waals surface area contributed by atoms with Gasteiger partial charge in [-0.3, -0.25) is 10.1 Å². The number of urea groups is 1. The Morgan fingerprint density at radius 3 is 2.73 bits per heavy atom. The molecule has 2 aliphatic heterocycles. The molecule has 1 unspecified atom stereocenters. The molecule has 142 valence electrons. The summed E-state index contributed by atoms with van der Waals surface area (Å²) in [5.74, 6) is 1.32. The summed E-state index contributed by atoms with van der Waals surface area (Å²) in [6.45, 7) is 6.24. The molecule has 2 heterocycles. The van der Waals surface area contributed by atoms with Gasteiger partial charge in [-0.15, -0.1) is 0 Å². The van der Waals surface area contributed by atoms with Crippen molar-refractivity contribution in [1.82, 2.24) is 10.6 Å². The van der Waals surface area contributed by atoms with E-state index in [1.165, 1.54) is 4.90 Å². The number of nitrogens with one attached hydrogen (secondary N) is 3. The molecule has 1 aromatic carbocycles. The lowest BCUT2D eigenvalue weighted by molar-refractivity contribution is -0.910. The monoisotopic (exact) mass is 362 g/mol. The Balaban J connectivity index is 1.64. The predicted molar refractivity (Wildman–Crippen MR) is 96.5 cm³/mol. The summed E-state index contributed by atoms with van der Waals surface area (Å²) < 4.78 is 11.5. The zero-order chi connectivity index (χ0) is 18.5. The van der Waals surface area contributed by atoms with Crippen LogP contribution in [0.25, 0.3) is 0 Å². The van der Waals surface area contributed by atoms with Crippen LogP contribution < -0.4 is 25.0 Å². The van der Waals surface area contributed by atoms with Crippen molar-refractivity contribution in [2.75, 3.05) is 26.3 Å². The molecule has 1 fully saturated rings. The number of hydrogen-bond donors (Lipinski definition) is 3. The predicted octanol–water partition coefficient (Wildman–Crippen LogP) is 0.802. The van der Waals surface area contributed by atoms with E-state index in [1.54, 1.807) is 0 Å². The van der Waals surface area contributed by atoms with Crippen LogP contribution in [-0.4, -0.2) is 44.3 Å². The number of ether oxygens (including phenoxy) is 2. The minimum atomic E-state index is -0.435. The molecule has 0 aliphatic carbocycles. The number of rotatable bonds is 4. The van der Waals surface area contributed by atoms with Gasteiger partial charge in [0.2, 0.25) is 0 Å². The van der Waals surface area contributed by atoms with Crippen molar-refractivity contribution in [1.29, 1.82) is 0 Å². The average Bonchev–Trinajstić information content (AvgIpc) is 2.89. The summed E-state index contributed by atoms with van der Waals surface area (Å²) in [5, 5.41) is 5.08. The number of carbonyl (C=O) groups excluding carboxylic acids is 2. The van der Waals surface area contributed by atoms with E-state index in [0.717, 1.165) is 42.9 Å². The molecule has 3 N–H and O–H groups in total. The summed E-state index contributed by atoms with van der Waals surface area (Å²) >= 11 is 0. The first-order valence-electron chi connectivity index (χ1n) is 9.37. The van der Waals surface area contributed by atoms with Gasteiger partial charge in [0.05, 0.1) is 19.8 Å². The van der Waals surface area contributed by atoms with Gasteiger partial charge in [0.15, 0.2) is 18.0 Å². The smallest absolute Gasteiger partial charge is 0.321 e. The van der Waals surface area contributed by atoms with Gasteiger partial charge in [0, 0.05) is 30.9 Å². The Morgan fingerprint density at radius 2 is 1.96 bits per heavy atom. The minimum absolute atomic E-state index is 0.00326. The Labute approximate surface area is 154 Å². The number of carbonyl (C=O) groups is 2. The van der Waals surface area contributed by atoms with E-state index >= 15 is 0 Å². The fourth-order valence-electron chi connectivity index (χ4n) is 3.60. The number of hydrogen-bond acceptors (Lipinski definition) is 4. The lowest BCUT2D eigenvalue weighted by Gasteiger charge is -2.22. The van der Waals surface area contributed by atoms with Crippen molar-refractivity contribution in [3.8, 4) is 11.5 Å². The van der Waals surface area contributed by atoms with Gasteiger partial charge in [-0.25, -0.2) is 4.79 Å². The van der Waals surface area contributed by atoms with Gasteiger partial charge >= 0.3 is 6.03 Å². The first-order chi connectivity index (χ1) is 12.5. The molecule has 1 saturated heterocycles. The Hall–Kier alpha value is -2.28. The van der Waals surface area contributed by atoms with Gasteiger partial charge in [0.1, 0.15) is 6.04 Å². The molecular weight excluding hydrogens is 334 g/mol. The van der Waals surface area contributed by atoms with Crippen molar-refractivity contribution in [3.63, 3.8) is 0 Å². The minimum Gasteiger partial charge on any atom is -0.490 e. The van der Waals surface area contributed by atoms with Crippen LogP contribution in [0.1, 0.15) is 44.7 Å². The highest BCUT2D eigenvalue weighted by atomic mass is 16.5. The third-order valence-corrected chi connectivity index (χ3v) is 4.72. The van der Waals surface area contributed by atoms with Gasteiger partial charge in [-0.05, 0) is 32.0 Å². The fraction of sp³-hybridized carbons (Fsp3) is 0.579. The number of likely N-dealkylation sites (tertiary alicyclic amines) is 1. The largest absolute Gasteiger partial charge is 0.490 e. The highest BCUT2D eigenvalue weighted by molar-refractivity contribution is 5.94. The highest BCUT2D eigenvalue weighted by Gasteiger charge is 2.32. The maximum atomic E-state index is 12.2. The van der Waals surface area contributed by atoms with Crippen LogP contribution in [0, 0.1) is 0 Å². The zero-order valence-corrected chi connectivity index (χ0v) is 15.5. The average molecular weight is 362 g/mol. The van der Waals surface area contributed by atoms with E-state index in [1.807, 2.05) is 26.0 Å². The summed E-state index contributed by atoms with van der Waals surface area (Å²) in [5.41, 5.74) is 1.15. The lowest BCUT2D eigenvalue weighted by atomic mass is 10.0. The van der Waals surface area contributed by atoms with Gasteiger partial charge in [0.25, 0.3) is 5.91 Å². The number of quaternary nitrogens is 1. The standard InChI is InChI=1S/C19H27N3O4/c1-13(2)20-19(24)21-18(23)12-22-8-3-5-15(22)14-6-7-16-17(11-14)26-10-4-9-25-16/h6-7,11,13,15H,3-5,8-10,12H2,1-2H3,(H2,20,21,23,24)/p+1/t15-/m0/s1. The molecule has 0 aromatic heterocycles. The Kier molecular flexibility index (Phi) is 5.98. The number of imide groups is 1. The van der Waals surface area contributed by atoms with Gasteiger partial charge in [-0.2, -0.15) is 0 Å². The van der Waals surface area contributed by atoms with Gasteiger partial charge < -0.3 is 19.7 Å². The molecule has 1 aromatic rings. The number of fused-ring (bicyclic) bond motifs is 1. The van der Waals surface area contributed by atoms with Crippen LogP contribution in [0.4, 0.5) is 4.79 Å². The topological polar surface area (TPSA) is 81.1 Å². The third kappa shape index (κ3) is 4.66. The Bertz CT molecular complexity index is 662. The van der Waals surface area contributed by atoms with Crippen molar-refractivity contribution in [2.24, 2.45) is 0 Å². The molecule has 0 bridgehead atoms. The lowest BCUT2D eigenvalue weighted by Crippen LogP contribution is -3.11. The van der Waals surface area contributed by atoms with E-state index < -0.39 is 6.03 Å². The molecule has 2 aliphatic rings. The summed E-state index contributed by atoms with van der Waals surface area (Å²) in [6, 6.07) is 5.85. The highest BCUT2D eigenvalue weighted by Crippen LogP contribution is 2.33. The van der Waals surface area contributed by atoms with Crippen LogP contribution in [0.5, 0.6) is 11.5 Å². The molecular formula is C19H28N3O4+. The van der Waals surface area contributed by atoms with E-state index in [2.05, 4.69) is 16.7 Å². The van der Waals surface area contributed by atoms with Crippen LogP contribution >= 0.6 is 0 Å². The molecule has 3 amide bonds. The molecule has 26 heavy (non-hydrogen) atoms. The maximum Gasteiger partial charge on any atom is 0.321 e. The van der Waals surface area contributed by atoms with Crippen molar-refractivity contribution in [3.05, 3.63) is 23.8 Å². The van der Waals surface area contributed by atoms with E-state index in [4.69, 9.17) is 9.47 Å². The molecule has 7 heteroatoms. The first kappa shape index (κ1) is 18.5. The van der Waals surface area contributed by atoms with Crippen LogP contribution in [0.3, 0.4) is 0 Å². The van der Waals surface area contributed by atoms with Crippen molar-refractivity contribution < 1.29 is 24.0 Å². The fourth-order valence-corrected chi connectivity index (χ4v) is 3.60. The second kappa shape index (κ2) is 8.40. The summed E-state index contributed by atoms with van der Waals surface area (Å²) in [6.07, 6.45) is 2.95. The van der Waals surface area contributed by atoms with E-state index in [-0.39, 0.29) is 24.5 Å². The van der Waals surface area contributed by atoms with Crippen LogP contribution in [0.15, 0.2) is 18.2 Å². The van der Waals surface area contributed by atoms with Crippen LogP contribution in [0.2, 0.25) is 0 Å². The number of benzene rings is 1. The second-order valence-electron chi connectivity index (χ2n) is 7.21. The van der Waals surface area contributed by atoms with Crippen LogP contribution in [-0.2, 0) is 4.79 Å². The van der Waals surface area contributed by atoms with Crippen molar-refractivity contribution in [2.45, 2.75) is 45.2 Å². The molecule has 0 saturated carbocycles. The Morgan fingerprint density at radius 1 is 1.19 bits per heavy atom. The first-order valence-corrected chi connectivity index (χ1v) is 9.37. The molecule has 0 radical (unpaired) electrons. The van der Waals surface area contributed by atoms with Gasteiger partial charge in [-0.1, -0.05) is 0 Å². The molecule has 7 nitrogen and oxygen atoms in total. The molecule has 3 rings (SSSR count).